The van der Waals surface area contributed by atoms with Gasteiger partial charge in [0.15, 0.2) is 5.13 Å². The van der Waals surface area contributed by atoms with Gasteiger partial charge in [-0.15, -0.1) is 11.3 Å². The standard InChI is InChI=1S/C20H27N3O2S/c1-14(17-7-5-4-6-8-17)9-19(24)22-20-21-18(13-26-20)12-23-10-15(2)25-16(3)11-23/h4-8,13-16H,9-12H2,1-3H3,(H,21,22,24). The molecule has 0 bridgehead atoms. The summed E-state index contributed by atoms with van der Waals surface area (Å²) in [7, 11) is 0. The van der Waals surface area contributed by atoms with Crippen LogP contribution in [0.2, 0.25) is 0 Å². The van der Waals surface area contributed by atoms with Crippen molar-refractivity contribution in [3.63, 3.8) is 0 Å². The van der Waals surface area contributed by atoms with Crippen LogP contribution in [0, 0.1) is 0 Å². The van der Waals surface area contributed by atoms with E-state index >= 15 is 0 Å². The third kappa shape index (κ3) is 5.37. The zero-order valence-corrected chi connectivity index (χ0v) is 16.5. The number of benzene rings is 1. The molecule has 1 aromatic heterocycles. The molecule has 3 rings (SSSR count). The van der Waals surface area contributed by atoms with Crippen molar-refractivity contribution in [2.45, 2.75) is 51.9 Å². The van der Waals surface area contributed by atoms with E-state index in [2.05, 4.69) is 48.1 Å². The summed E-state index contributed by atoms with van der Waals surface area (Å²) >= 11 is 1.49. The Balaban J connectivity index is 1.51. The molecule has 3 unspecified atom stereocenters. The van der Waals surface area contributed by atoms with Crippen molar-refractivity contribution in [2.75, 3.05) is 18.4 Å². The summed E-state index contributed by atoms with van der Waals surface area (Å²) in [6.07, 6.45) is 0.948. The molecule has 0 aliphatic carbocycles. The largest absolute Gasteiger partial charge is 0.373 e. The van der Waals surface area contributed by atoms with Crippen molar-refractivity contribution < 1.29 is 9.53 Å². The molecule has 2 heterocycles. The van der Waals surface area contributed by atoms with Crippen molar-refractivity contribution >= 4 is 22.4 Å². The molecule has 26 heavy (non-hydrogen) atoms. The second-order valence-electron chi connectivity index (χ2n) is 7.16. The van der Waals surface area contributed by atoms with Gasteiger partial charge in [0, 0.05) is 31.4 Å². The number of nitrogens with zero attached hydrogens (tertiary/aromatic N) is 2. The summed E-state index contributed by atoms with van der Waals surface area (Å²) in [5.74, 6) is 0.197. The second-order valence-corrected chi connectivity index (χ2v) is 8.02. The Morgan fingerprint density at radius 2 is 2.00 bits per heavy atom. The first kappa shape index (κ1) is 19.0. The first-order valence-electron chi connectivity index (χ1n) is 9.16. The molecule has 6 heteroatoms. The van der Waals surface area contributed by atoms with Crippen molar-refractivity contribution in [2.24, 2.45) is 0 Å². The topological polar surface area (TPSA) is 54.5 Å². The lowest BCUT2D eigenvalue weighted by molar-refractivity contribution is -0.116. The summed E-state index contributed by atoms with van der Waals surface area (Å²) in [5, 5.41) is 5.65. The Labute approximate surface area is 159 Å². The fourth-order valence-electron chi connectivity index (χ4n) is 3.43. The summed E-state index contributed by atoms with van der Waals surface area (Å²) in [5.41, 5.74) is 2.18. The van der Waals surface area contributed by atoms with Crippen LogP contribution in [-0.2, 0) is 16.1 Å². The van der Waals surface area contributed by atoms with Crippen molar-refractivity contribution in [3.8, 4) is 0 Å². The van der Waals surface area contributed by atoms with E-state index in [0.717, 1.165) is 25.3 Å². The predicted octanol–water partition coefficient (Wildman–Crippen LogP) is 3.88. The smallest absolute Gasteiger partial charge is 0.226 e. The molecule has 1 aliphatic rings. The maximum Gasteiger partial charge on any atom is 0.226 e. The number of aromatic nitrogens is 1. The van der Waals surface area contributed by atoms with Crippen LogP contribution in [0.1, 0.15) is 44.4 Å². The number of hydrogen-bond donors (Lipinski definition) is 1. The predicted molar refractivity (Wildman–Crippen MR) is 106 cm³/mol. The van der Waals surface area contributed by atoms with E-state index < -0.39 is 0 Å². The quantitative estimate of drug-likeness (QED) is 0.835. The lowest BCUT2D eigenvalue weighted by Gasteiger charge is -2.34. The first-order chi connectivity index (χ1) is 12.5. The number of carbonyl (C=O) groups excluding carboxylic acids is 1. The summed E-state index contributed by atoms with van der Waals surface area (Å²) in [6.45, 7) is 8.90. The van der Waals surface area contributed by atoms with Gasteiger partial charge in [0.05, 0.1) is 17.9 Å². The molecule has 1 fully saturated rings. The third-order valence-corrected chi connectivity index (χ3v) is 5.35. The fraction of sp³-hybridized carbons (Fsp3) is 0.500. The zero-order chi connectivity index (χ0) is 18.5. The Morgan fingerprint density at radius 1 is 1.31 bits per heavy atom. The number of morpholine rings is 1. The average Bonchev–Trinajstić information content (AvgIpc) is 3.01. The van der Waals surface area contributed by atoms with Gasteiger partial charge in [0.2, 0.25) is 5.91 Å². The van der Waals surface area contributed by atoms with Gasteiger partial charge in [-0.25, -0.2) is 4.98 Å². The van der Waals surface area contributed by atoms with Crippen LogP contribution in [0.5, 0.6) is 0 Å². The van der Waals surface area contributed by atoms with Gasteiger partial charge in [0.25, 0.3) is 0 Å². The minimum absolute atomic E-state index is 0.0101. The molecular formula is C20H27N3O2S. The highest BCUT2D eigenvalue weighted by atomic mass is 32.1. The van der Waals surface area contributed by atoms with Gasteiger partial charge in [-0.2, -0.15) is 0 Å². The lowest BCUT2D eigenvalue weighted by atomic mass is 9.98. The van der Waals surface area contributed by atoms with Crippen molar-refractivity contribution in [3.05, 3.63) is 47.0 Å². The molecule has 0 spiro atoms. The molecule has 1 aromatic carbocycles. The molecule has 1 aliphatic heterocycles. The van der Waals surface area contributed by atoms with E-state index in [9.17, 15) is 4.79 Å². The molecule has 2 aromatic rings. The van der Waals surface area contributed by atoms with E-state index in [1.54, 1.807) is 0 Å². The number of ether oxygens (including phenoxy) is 1. The van der Waals surface area contributed by atoms with Crippen LogP contribution in [0.4, 0.5) is 5.13 Å². The van der Waals surface area contributed by atoms with Gasteiger partial charge >= 0.3 is 0 Å². The van der Waals surface area contributed by atoms with Crippen LogP contribution in [-0.4, -0.2) is 41.1 Å². The fourth-order valence-corrected chi connectivity index (χ4v) is 4.15. The third-order valence-electron chi connectivity index (χ3n) is 4.54. The lowest BCUT2D eigenvalue weighted by Crippen LogP contribution is -2.44. The Bertz CT molecular complexity index is 709. The second kappa shape index (κ2) is 8.75. The summed E-state index contributed by atoms with van der Waals surface area (Å²) < 4.78 is 5.77. The molecule has 3 atom stereocenters. The average molecular weight is 374 g/mol. The number of anilines is 1. The molecule has 5 nitrogen and oxygen atoms in total. The highest BCUT2D eigenvalue weighted by Crippen LogP contribution is 2.22. The van der Waals surface area contributed by atoms with Crippen LogP contribution in [0.25, 0.3) is 0 Å². The number of rotatable bonds is 6. The normalized spacial score (nSPS) is 22.1. The van der Waals surface area contributed by atoms with Crippen LogP contribution >= 0.6 is 11.3 Å². The Hall–Kier alpha value is -1.76. The van der Waals surface area contributed by atoms with E-state index in [0.29, 0.717) is 11.6 Å². The van der Waals surface area contributed by atoms with Gasteiger partial charge in [0.1, 0.15) is 0 Å². The molecule has 0 radical (unpaired) electrons. The summed E-state index contributed by atoms with van der Waals surface area (Å²) in [4.78, 5) is 19.2. The highest BCUT2D eigenvalue weighted by Gasteiger charge is 2.23. The van der Waals surface area contributed by atoms with Crippen LogP contribution in [0.15, 0.2) is 35.7 Å². The Kier molecular flexibility index (Phi) is 6.40. The Morgan fingerprint density at radius 3 is 2.69 bits per heavy atom. The monoisotopic (exact) mass is 373 g/mol. The van der Waals surface area contributed by atoms with Crippen molar-refractivity contribution in [1.29, 1.82) is 0 Å². The van der Waals surface area contributed by atoms with Gasteiger partial charge in [-0.3, -0.25) is 9.69 Å². The van der Waals surface area contributed by atoms with Gasteiger partial charge < -0.3 is 10.1 Å². The molecule has 1 amide bonds. The zero-order valence-electron chi connectivity index (χ0n) is 15.6. The van der Waals surface area contributed by atoms with Crippen LogP contribution in [0.3, 0.4) is 0 Å². The number of nitrogens with one attached hydrogen (secondary N) is 1. The molecule has 1 saturated heterocycles. The molecule has 1 N–H and O–H groups in total. The minimum atomic E-state index is 0.0101. The van der Waals surface area contributed by atoms with E-state index in [1.807, 2.05) is 23.6 Å². The molecule has 0 saturated carbocycles. The minimum Gasteiger partial charge on any atom is -0.373 e. The number of carbonyl (C=O) groups is 1. The first-order valence-corrected chi connectivity index (χ1v) is 10.0. The number of amides is 1. The van der Waals surface area contributed by atoms with E-state index in [-0.39, 0.29) is 24.0 Å². The number of thiazole rings is 1. The number of hydrogen-bond acceptors (Lipinski definition) is 5. The molecule has 140 valence electrons. The van der Waals surface area contributed by atoms with E-state index in [4.69, 9.17) is 4.74 Å². The summed E-state index contributed by atoms with van der Waals surface area (Å²) in [6, 6.07) is 10.1. The van der Waals surface area contributed by atoms with Crippen LogP contribution < -0.4 is 5.32 Å². The van der Waals surface area contributed by atoms with Gasteiger partial charge in [-0.05, 0) is 25.3 Å². The SMILES string of the molecule is CC1CN(Cc2csc(NC(=O)CC(C)c3ccccc3)n2)CC(C)O1. The van der Waals surface area contributed by atoms with Crippen molar-refractivity contribution in [1.82, 2.24) is 9.88 Å². The maximum absolute atomic E-state index is 12.3. The maximum atomic E-state index is 12.3. The van der Waals surface area contributed by atoms with E-state index in [1.165, 1.54) is 16.9 Å². The van der Waals surface area contributed by atoms with Gasteiger partial charge in [-0.1, -0.05) is 37.3 Å². The highest BCUT2D eigenvalue weighted by molar-refractivity contribution is 7.13. The molecular weight excluding hydrogens is 346 g/mol.